The van der Waals surface area contributed by atoms with Crippen molar-refractivity contribution < 1.29 is 31.9 Å². The van der Waals surface area contributed by atoms with E-state index in [9.17, 15) is 27.2 Å². The first-order valence-electron chi connectivity index (χ1n) is 20.1. The number of hydrogen-bond donors (Lipinski definition) is 2. The summed E-state index contributed by atoms with van der Waals surface area (Å²) in [6.07, 6.45) is 3.37. The van der Waals surface area contributed by atoms with Gasteiger partial charge in [0.15, 0.2) is 4.87 Å². The van der Waals surface area contributed by atoms with Crippen molar-refractivity contribution in [3.05, 3.63) is 136 Å². The Hall–Kier alpha value is -4.70. The molecule has 2 N–H and O–H groups in total. The van der Waals surface area contributed by atoms with E-state index < -0.39 is 33.0 Å². The standard InChI is InChI=1S/C23H25F2N3O2S.C22H23F2N3OS.CH4/c1-14(2)26-11-10-16-13-30-21-7-5-4-6-19(21)23(16)28(15(3)29)27-22(31-23)18-12-17(24)8-9-20(18)25;1-14(28)27-22(29-21(26-27)18-13-17(23)9-10-20(18)24)16(11-12-25-2)8-7-15-5-3-4-6-19(15)22;/h4-9,12,14,16,26H,10-11,13H2,1-3H3;3-6,9-10,13,16,25H,7-8,11-12H2,1-2H3;1H4. The van der Waals surface area contributed by atoms with E-state index in [2.05, 4.69) is 40.8 Å². The molecule has 0 aromatic heterocycles. The van der Waals surface area contributed by atoms with Crippen molar-refractivity contribution in [2.75, 3.05) is 26.7 Å². The van der Waals surface area contributed by atoms with E-state index in [1.807, 2.05) is 49.5 Å². The van der Waals surface area contributed by atoms with Crippen LogP contribution in [0.4, 0.5) is 17.6 Å². The number of nitrogens with one attached hydrogen (secondary N) is 2. The number of aryl methyl sites for hydroxylation is 1. The van der Waals surface area contributed by atoms with Gasteiger partial charge in [0.05, 0.1) is 6.61 Å². The number of benzene rings is 4. The molecule has 61 heavy (non-hydrogen) atoms. The van der Waals surface area contributed by atoms with Crippen LogP contribution in [0, 0.1) is 35.1 Å². The number of halogens is 4. The van der Waals surface area contributed by atoms with Crippen molar-refractivity contribution in [2.45, 2.75) is 76.6 Å². The average Bonchev–Trinajstić information content (AvgIpc) is 3.82. The molecule has 0 radical (unpaired) electrons. The summed E-state index contributed by atoms with van der Waals surface area (Å²) in [6, 6.07) is 22.5. The molecule has 4 aliphatic rings. The minimum atomic E-state index is -0.895. The van der Waals surface area contributed by atoms with E-state index in [0.717, 1.165) is 86.3 Å². The lowest BCUT2D eigenvalue weighted by molar-refractivity contribution is -0.135. The normalized spacial score (nSPS) is 22.5. The van der Waals surface area contributed by atoms with Gasteiger partial charge in [-0.15, -0.1) is 0 Å². The maximum Gasteiger partial charge on any atom is 0.241 e. The molecule has 9 nitrogen and oxygen atoms in total. The quantitative estimate of drug-likeness (QED) is 0.162. The van der Waals surface area contributed by atoms with Crippen LogP contribution in [0.1, 0.15) is 82.2 Å². The van der Waals surface area contributed by atoms with Crippen LogP contribution in [0.5, 0.6) is 5.75 Å². The van der Waals surface area contributed by atoms with Gasteiger partial charge < -0.3 is 15.4 Å². The summed E-state index contributed by atoms with van der Waals surface area (Å²) < 4.78 is 62.9. The summed E-state index contributed by atoms with van der Waals surface area (Å²) in [5.41, 5.74) is 3.16. The fourth-order valence-electron chi connectivity index (χ4n) is 8.48. The van der Waals surface area contributed by atoms with Crippen molar-refractivity contribution in [1.29, 1.82) is 0 Å². The first-order valence-corrected chi connectivity index (χ1v) is 21.7. The van der Waals surface area contributed by atoms with E-state index in [0.29, 0.717) is 23.4 Å². The number of rotatable bonds is 9. The topological polar surface area (TPSA) is 98.6 Å². The van der Waals surface area contributed by atoms with Crippen LogP contribution in [0.3, 0.4) is 0 Å². The molecule has 0 saturated carbocycles. The molecule has 324 valence electrons. The van der Waals surface area contributed by atoms with E-state index in [1.165, 1.54) is 53.0 Å². The van der Waals surface area contributed by atoms with Crippen LogP contribution >= 0.6 is 23.5 Å². The molecule has 0 saturated heterocycles. The minimum absolute atomic E-state index is 0. The SMILES string of the molecule is C.CC(=O)N1N=C(c2cc(F)ccc2F)SC12c1ccccc1OCC2CCNC(C)C.CNCCC1CCc2ccccc2C12SC(c1cc(F)ccc1F)=NN2C(C)=O. The van der Waals surface area contributed by atoms with Crippen LogP contribution in [0.15, 0.2) is 95.1 Å². The highest BCUT2D eigenvalue weighted by atomic mass is 32.2. The second-order valence-electron chi connectivity index (χ2n) is 15.5. The lowest BCUT2D eigenvalue weighted by Crippen LogP contribution is -2.51. The van der Waals surface area contributed by atoms with Gasteiger partial charge in [0.2, 0.25) is 11.8 Å². The summed E-state index contributed by atoms with van der Waals surface area (Å²) in [4.78, 5) is 23.8. The van der Waals surface area contributed by atoms with Crippen molar-refractivity contribution in [3.8, 4) is 5.75 Å². The number of carbonyl (C=O) groups excluding carboxylic acids is 2. The minimum Gasteiger partial charge on any atom is -0.493 e. The lowest BCUT2D eigenvalue weighted by Gasteiger charge is -2.45. The van der Waals surface area contributed by atoms with E-state index in [-0.39, 0.29) is 47.2 Å². The van der Waals surface area contributed by atoms with Crippen LogP contribution in [0.2, 0.25) is 0 Å². The third kappa shape index (κ3) is 8.84. The van der Waals surface area contributed by atoms with Crippen molar-refractivity contribution in [3.63, 3.8) is 0 Å². The molecular formula is C46H52F4N6O3S2. The molecule has 4 unspecified atom stereocenters. The Morgan fingerprint density at radius 1 is 0.770 bits per heavy atom. The second-order valence-corrected chi connectivity index (χ2v) is 17.9. The highest BCUT2D eigenvalue weighted by molar-refractivity contribution is 8.15. The van der Waals surface area contributed by atoms with Gasteiger partial charge >= 0.3 is 0 Å². The fraction of sp³-hybridized carbons (Fsp3) is 0.391. The average molecular weight is 877 g/mol. The van der Waals surface area contributed by atoms with Gasteiger partial charge in [0.1, 0.15) is 44.0 Å². The fourth-order valence-corrected chi connectivity index (χ4v) is 11.7. The summed E-state index contributed by atoms with van der Waals surface area (Å²) in [6.45, 7) is 8.98. The molecule has 3 heterocycles. The second kappa shape index (κ2) is 19.1. The van der Waals surface area contributed by atoms with Gasteiger partial charge in [0, 0.05) is 42.5 Å². The lowest BCUT2D eigenvalue weighted by atomic mass is 9.77. The number of hydrazone groups is 2. The summed E-state index contributed by atoms with van der Waals surface area (Å²) >= 11 is 2.66. The summed E-state index contributed by atoms with van der Waals surface area (Å²) in [7, 11) is 1.90. The van der Waals surface area contributed by atoms with Gasteiger partial charge in [-0.2, -0.15) is 10.2 Å². The monoisotopic (exact) mass is 876 g/mol. The Bertz CT molecular complexity index is 2330. The third-order valence-corrected chi connectivity index (χ3v) is 14.3. The van der Waals surface area contributed by atoms with Crippen LogP contribution < -0.4 is 15.4 Å². The first-order chi connectivity index (χ1) is 28.8. The molecular weight excluding hydrogens is 825 g/mol. The maximum absolute atomic E-state index is 14.6. The molecule has 8 rings (SSSR count). The highest BCUT2D eigenvalue weighted by Crippen LogP contribution is 2.59. The molecule has 2 spiro atoms. The van der Waals surface area contributed by atoms with Crippen molar-refractivity contribution >= 4 is 45.4 Å². The van der Waals surface area contributed by atoms with E-state index in [1.54, 1.807) is 0 Å². The van der Waals surface area contributed by atoms with Crippen molar-refractivity contribution in [2.24, 2.45) is 22.0 Å². The number of hydrogen-bond acceptors (Lipinski definition) is 9. The zero-order valence-electron chi connectivity index (χ0n) is 34.1. The largest absolute Gasteiger partial charge is 0.493 e. The molecule has 15 heteroatoms. The smallest absolute Gasteiger partial charge is 0.241 e. The van der Waals surface area contributed by atoms with Gasteiger partial charge in [-0.05, 0) is 105 Å². The Labute approximate surface area is 363 Å². The zero-order chi connectivity index (χ0) is 42.8. The van der Waals surface area contributed by atoms with Crippen LogP contribution in [-0.4, -0.2) is 64.7 Å². The molecule has 0 fully saturated rings. The third-order valence-electron chi connectivity index (χ3n) is 11.2. The first kappa shape index (κ1) is 45.8. The van der Waals surface area contributed by atoms with Gasteiger partial charge in [-0.25, -0.2) is 27.6 Å². The number of fused-ring (bicyclic) bond motifs is 4. The summed E-state index contributed by atoms with van der Waals surface area (Å²) in [5, 5.41) is 19.2. The Balaban J connectivity index is 0.000000201. The predicted octanol–water partition coefficient (Wildman–Crippen LogP) is 9.35. The molecule has 4 atom stereocenters. The number of carbonyl (C=O) groups is 2. The number of amides is 2. The van der Waals surface area contributed by atoms with Crippen LogP contribution in [0.25, 0.3) is 0 Å². The number of thioether (sulfide) groups is 2. The van der Waals surface area contributed by atoms with E-state index >= 15 is 0 Å². The Morgan fingerprint density at radius 2 is 1.30 bits per heavy atom. The molecule has 3 aliphatic heterocycles. The number of nitrogens with zero attached hydrogens (tertiary/aromatic N) is 4. The molecule has 1 aliphatic carbocycles. The molecule has 4 aromatic carbocycles. The van der Waals surface area contributed by atoms with Crippen molar-refractivity contribution in [1.82, 2.24) is 20.7 Å². The van der Waals surface area contributed by atoms with Gasteiger partial charge in [-0.3, -0.25) is 9.59 Å². The molecule has 0 bridgehead atoms. The Kier molecular flexibility index (Phi) is 14.4. The zero-order valence-corrected chi connectivity index (χ0v) is 35.7. The number of ether oxygens (including phenoxy) is 1. The van der Waals surface area contributed by atoms with Gasteiger partial charge in [-0.1, -0.05) is 87.3 Å². The Morgan fingerprint density at radius 3 is 1.85 bits per heavy atom. The van der Waals surface area contributed by atoms with E-state index in [4.69, 9.17) is 4.74 Å². The maximum atomic E-state index is 14.6. The summed E-state index contributed by atoms with van der Waals surface area (Å²) in [5.74, 6) is -2.01. The molecule has 4 aromatic rings. The number of para-hydroxylation sites is 1. The van der Waals surface area contributed by atoms with Gasteiger partial charge in [0.25, 0.3) is 0 Å². The predicted molar refractivity (Wildman–Crippen MR) is 236 cm³/mol. The van der Waals surface area contributed by atoms with Crippen LogP contribution in [-0.2, 0) is 25.8 Å². The molecule has 2 amide bonds. The highest BCUT2D eigenvalue weighted by Gasteiger charge is 2.57.